The van der Waals surface area contributed by atoms with E-state index in [1.165, 1.54) is 42.7 Å². The normalized spacial score (nSPS) is 26.5. The second-order valence-corrected chi connectivity index (χ2v) is 10.4. The van der Waals surface area contributed by atoms with Gasteiger partial charge in [0.15, 0.2) is 5.60 Å². The van der Waals surface area contributed by atoms with Crippen molar-refractivity contribution in [1.82, 2.24) is 10.3 Å². The highest BCUT2D eigenvalue weighted by Gasteiger charge is 2.54. The molecule has 0 spiro atoms. The van der Waals surface area contributed by atoms with E-state index in [0.29, 0.717) is 0 Å². The predicted molar refractivity (Wildman–Crippen MR) is 136 cm³/mol. The van der Waals surface area contributed by atoms with Gasteiger partial charge in [0.1, 0.15) is 11.6 Å². The van der Waals surface area contributed by atoms with Gasteiger partial charge in [-0.25, -0.2) is 17.6 Å². The number of nitrogens with zero attached hydrogens (tertiary/aromatic N) is 2. The first-order valence-corrected chi connectivity index (χ1v) is 12.8. The number of aromatic nitrogens is 1. The lowest BCUT2D eigenvalue weighted by atomic mass is 9.77. The highest BCUT2D eigenvalue weighted by molar-refractivity contribution is 6.21. The summed E-state index contributed by atoms with van der Waals surface area (Å²) in [6, 6.07) is 10.6. The van der Waals surface area contributed by atoms with Crippen molar-refractivity contribution in [1.29, 1.82) is 0 Å². The average molecular weight is 562 g/mol. The summed E-state index contributed by atoms with van der Waals surface area (Å²) in [4.78, 5) is 31.3. The molecule has 39 heavy (non-hydrogen) atoms. The first kappa shape index (κ1) is 27.1. The molecule has 0 bridgehead atoms. The van der Waals surface area contributed by atoms with Gasteiger partial charge in [0, 0.05) is 47.4 Å². The van der Waals surface area contributed by atoms with E-state index in [0.717, 1.165) is 23.1 Å². The van der Waals surface area contributed by atoms with Gasteiger partial charge >= 0.3 is 0 Å². The molecule has 1 fully saturated rings. The molecule has 2 amide bonds. The molecular formula is C28H24ClF4N3O3. The summed E-state index contributed by atoms with van der Waals surface area (Å²) >= 11 is 6.64. The Kier molecular flexibility index (Phi) is 7.35. The molecule has 1 aliphatic heterocycles. The zero-order valence-corrected chi connectivity index (χ0v) is 21.2. The molecule has 2 heterocycles. The van der Waals surface area contributed by atoms with Crippen LogP contribution in [-0.4, -0.2) is 46.3 Å². The number of aliphatic hydroxyl groups is 1. The smallest absolute Gasteiger partial charge is 0.268 e. The maximum atomic E-state index is 14.7. The third-order valence-corrected chi connectivity index (χ3v) is 8.06. The fraction of sp³-hybridized carbons (Fsp3) is 0.321. The summed E-state index contributed by atoms with van der Waals surface area (Å²) in [5, 5.41) is 13.5. The third-order valence-electron chi connectivity index (χ3n) is 7.52. The number of alkyl halides is 3. The number of pyridine rings is 1. The molecule has 0 saturated heterocycles. The first-order valence-electron chi connectivity index (χ1n) is 12.3. The fourth-order valence-electron chi connectivity index (χ4n) is 5.54. The Labute approximate surface area is 226 Å². The first-order chi connectivity index (χ1) is 18.6. The minimum Gasteiger partial charge on any atom is -0.372 e. The number of hydrogen-bond acceptors (Lipinski definition) is 4. The molecule has 2 N–H and O–H groups in total. The second kappa shape index (κ2) is 10.6. The minimum atomic E-state index is -2.79. The van der Waals surface area contributed by atoms with Gasteiger partial charge in [-0.3, -0.25) is 14.6 Å². The quantitative estimate of drug-likeness (QED) is 0.339. The molecule has 0 radical (unpaired) electrons. The maximum absolute atomic E-state index is 14.7. The van der Waals surface area contributed by atoms with Crippen LogP contribution in [0.15, 0.2) is 67.0 Å². The Hall–Kier alpha value is -3.50. The van der Waals surface area contributed by atoms with E-state index in [2.05, 4.69) is 10.3 Å². The highest BCUT2D eigenvalue weighted by atomic mass is 35.5. The van der Waals surface area contributed by atoms with Crippen molar-refractivity contribution >= 4 is 29.1 Å². The molecule has 204 valence electrons. The third kappa shape index (κ3) is 4.87. The molecule has 5 atom stereocenters. The molecular weight excluding hydrogens is 538 g/mol. The van der Waals surface area contributed by atoms with Gasteiger partial charge in [-0.15, -0.1) is 11.6 Å². The van der Waals surface area contributed by atoms with Crippen LogP contribution < -0.4 is 10.2 Å². The van der Waals surface area contributed by atoms with Gasteiger partial charge in [0.05, 0.1) is 11.3 Å². The molecule has 6 nitrogen and oxygen atoms in total. The number of carbonyl (C=O) groups is 2. The number of fused-ring (bicyclic) bond motifs is 1. The number of halogens is 5. The number of rotatable bonds is 6. The Morgan fingerprint density at radius 1 is 1.13 bits per heavy atom. The Bertz CT molecular complexity index is 1400. The molecule has 2 aliphatic rings. The SMILES string of the molecule is O=C(N[C@@H]1C[C@@H](Cl)[C@@H](CN2C(=O)[C@](O)(c3ccccc3F)c3cc(F)ccc32)C[C@H]1C(F)F)c1cccnc1. The van der Waals surface area contributed by atoms with Crippen LogP contribution in [0.5, 0.6) is 0 Å². The van der Waals surface area contributed by atoms with Gasteiger partial charge in [-0.05, 0) is 55.2 Å². The van der Waals surface area contributed by atoms with Crippen molar-refractivity contribution in [3.05, 3.63) is 95.3 Å². The van der Waals surface area contributed by atoms with Crippen molar-refractivity contribution in [2.45, 2.75) is 36.3 Å². The van der Waals surface area contributed by atoms with Gasteiger partial charge in [0.25, 0.3) is 11.8 Å². The number of hydrogen-bond donors (Lipinski definition) is 2. The molecule has 1 aromatic heterocycles. The summed E-state index contributed by atoms with van der Waals surface area (Å²) in [6.07, 6.45) is -0.113. The summed E-state index contributed by atoms with van der Waals surface area (Å²) in [7, 11) is 0. The van der Waals surface area contributed by atoms with Crippen molar-refractivity contribution in [2.75, 3.05) is 11.4 Å². The topological polar surface area (TPSA) is 82.5 Å². The van der Waals surface area contributed by atoms with E-state index >= 15 is 0 Å². The Morgan fingerprint density at radius 2 is 1.90 bits per heavy atom. The fourth-order valence-corrected chi connectivity index (χ4v) is 5.91. The minimum absolute atomic E-state index is 0.00309. The van der Waals surface area contributed by atoms with E-state index in [1.54, 1.807) is 6.07 Å². The zero-order chi connectivity index (χ0) is 27.9. The van der Waals surface area contributed by atoms with Gasteiger partial charge in [-0.2, -0.15) is 0 Å². The van der Waals surface area contributed by atoms with Crippen LogP contribution >= 0.6 is 11.6 Å². The molecule has 2 aromatic carbocycles. The highest BCUT2D eigenvalue weighted by Crippen LogP contribution is 2.47. The Balaban J connectivity index is 1.41. The molecule has 3 aromatic rings. The van der Waals surface area contributed by atoms with Gasteiger partial charge in [-0.1, -0.05) is 18.2 Å². The molecule has 0 unspecified atom stereocenters. The van der Waals surface area contributed by atoms with Crippen LogP contribution in [0.3, 0.4) is 0 Å². The van der Waals surface area contributed by atoms with E-state index in [9.17, 15) is 32.3 Å². The molecule has 5 rings (SSSR count). The number of anilines is 1. The molecule has 11 heteroatoms. The number of amides is 2. The van der Waals surface area contributed by atoms with E-state index < -0.39 is 58.7 Å². The summed E-state index contributed by atoms with van der Waals surface area (Å²) in [5.41, 5.74) is -2.65. The van der Waals surface area contributed by atoms with Crippen molar-refractivity contribution < 1.29 is 32.3 Å². The standard InChI is InChI=1S/C28H24ClF4N3O3/c29-21-12-23(35-26(37)15-4-3-9-34-13-15)18(25(32)33)10-16(21)14-36-24-8-7-17(30)11-20(24)28(39,27(36)38)19-5-1-2-6-22(19)31/h1-9,11,13,16,18,21,23,25,39H,10,12,14H2,(H,35,37)/t16-,18-,21-,23-,28+/m1/s1. The predicted octanol–water partition coefficient (Wildman–Crippen LogP) is 4.64. The van der Waals surface area contributed by atoms with E-state index in [1.807, 2.05) is 0 Å². The maximum Gasteiger partial charge on any atom is 0.268 e. The number of carbonyl (C=O) groups excluding carboxylic acids is 2. The molecule has 1 aliphatic carbocycles. The second-order valence-electron chi connectivity index (χ2n) is 9.83. The lowest BCUT2D eigenvalue weighted by Gasteiger charge is -2.40. The number of nitrogens with one attached hydrogen (secondary N) is 1. The lowest BCUT2D eigenvalue weighted by Crippen LogP contribution is -2.52. The lowest BCUT2D eigenvalue weighted by molar-refractivity contribution is -0.132. The van der Waals surface area contributed by atoms with Crippen molar-refractivity contribution in [2.24, 2.45) is 11.8 Å². The van der Waals surface area contributed by atoms with Crippen LogP contribution in [0.1, 0.15) is 34.3 Å². The van der Waals surface area contributed by atoms with Crippen LogP contribution in [-0.2, 0) is 10.4 Å². The van der Waals surface area contributed by atoms with Crippen LogP contribution in [0.2, 0.25) is 0 Å². The zero-order valence-electron chi connectivity index (χ0n) is 20.4. The van der Waals surface area contributed by atoms with E-state index in [4.69, 9.17) is 11.6 Å². The number of benzene rings is 2. The van der Waals surface area contributed by atoms with Crippen LogP contribution in [0.4, 0.5) is 23.2 Å². The van der Waals surface area contributed by atoms with Crippen LogP contribution in [0.25, 0.3) is 0 Å². The Morgan fingerprint density at radius 3 is 2.59 bits per heavy atom. The van der Waals surface area contributed by atoms with Crippen LogP contribution in [0, 0.1) is 23.5 Å². The summed E-state index contributed by atoms with van der Waals surface area (Å²) < 4.78 is 57.3. The van der Waals surface area contributed by atoms with Crippen molar-refractivity contribution in [3.8, 4) is 0 Å². The van der Waals surface area contributed by atoms with Gasteiger partial charge in [0.2, 0.25) is 6.43 Å². The van der Waals surface area contributed by atoms with Gasteiger partial charge < -0.3 is 15.3 Å². The average Bonchev–Trinajstić information content (AvgIpc) is 3.12. The summed E-state index contributed by atoms with van der Waals surface area (Å²) in [6.45, 7) is -0.172. The summed E-state index contributed by atoms with van der Waals surface area (Å²) in [5.74, 6) is -5.01. The van der Waals surface area contributed by atoms with Crippen molar-refractivity contribution in [3.63, 3.8) is 0 Å². The molecule has 1 saturated carbocycles. The largest absolute Gasteiger partial charge is 0.372 e. The monoisotopic (exact) mass is 561 g/mol. The van der Waals surface area contributed by atoms with E-state index in [-0.39, 0.29) is 41.8 Å².